The molecule has 0 atom stereocenters. The summed E-state index contributed by atoms with van der Waals surface area (Å²) in [6.45, 7) is 13.8. The van der Waals surface area contributed by atoms with Crippen LogP contribution in [0.15, 0.2) is 11.3 Å². The van der Waals surface area contributed by atoms with Crippen molar-refractivity contribution in [3.05, 3.63) is 11.3 Å². The van der Waals surface area contributed by atoms with Crippen LogP contribution in [0.3, 0.4) is 0 Å². The van der Waals surface area contributed by atoms with E-state index >= 15 is 0 Å². The maximum Gasteiger partial charge on any atom is 0.247 e. The predicted molar refractivity (Wildman–Crippen MR) is 94.7 cm³/mol. The number of hydrogen-bond donors (Lipinski definition) is 1. The van der Waals surface area contributed by atoms with E-state index < -0.39 is 0 Å². The van der Waals surface area contributed by atoms with Crippen molar-refractivity contribution < 1.29 is 4.79 Å². The molecule has 0 aromatic carbocycles. The molecule has 0 spiro atoms. The van der Waals surface area contributed by atoms with Crippen LogP contribution in [0.25, 0.3) is 0 Å². The molecule has 5 heteroatoms. The Morgan fingerprint density at radius 1 is 0.955 bits per heavy atom. The van der Waals surface area contributed by atoms with Gasteiger partial charge in [-0.15, -0.1) is 0 Å². The molecule has 0 rings (SSSR count). The second-order valence-corrected chi connectivity index (χ2v) is 5.83. The normalized spacial score (nSPS) is 12.7. The van der Waals surface area contributed by atoms with Gasteiger partial charge in [-0.05, 0) is 60.4 Å². The highest BCUT2D eigenvalue weighted by Gasteiger charge is 2.18. The Balaban J connectivity index is 5.40. The van der Waals surface area contributed by atoms with E-state index in [4.69, 9.17) is 5.73 Å². The zero-order chi connectivity index (χ0) is 17.1. The van der Waals surface area contributed by atoms with E-state index in [9.17, 15) is 4.79 Å². The summed E-state index contributed by atoms with van der Waals surface area (Å²) >= 11 is 0. The van der Waals surface area contributed by atoms with Gasteiger partial charge in [0.05, 0.1) is 0 Å². The van der Waals surface area contributed by atoms with Crippen LogP contribution in [0.4, 0.5) is 0 Å². The van der Waals surface area contributed by atoms with Crippen LogP contribution in [0.5, 0.6) is 0 Å². The van der Waals surface area contributed by atoms with Gasteiger partial charge < -0.3 is 15.5 Å². The summed E-state index contributed by atoms with van der Waals surface area (Å²) in [7, 11) is 4.15. The molecule has 0 saturated carbocycles. The van der Waals surface area contributed by atoms with Crippen LogP contribution in [0.2, 0.25) is 0 Å². The van der Waals surface area contributed by atoms with E-state index in [1.54, 1.807) is 0 Å². The molecule has 0 saturated heterocycles. The second-order valence-electron chi connectivity index (χ2n) is 5.83. The molecule has 1 amide bonds. The molecule has 0 aliphatic rings. The first-order chi connectivity index (χ1) is 10.4. The summed E-state index contributed by atoms with van der Waals surface area (Å²) in [5.41, 5.74) is 7.63. The van der Waals surface area contributed by atoms with Crippen LogP contribution in [-0.4, -0.2) is 74.0 Å². The van der Waals surface area contributed by atoms with Crippen molar-refractivity contribution in [1.29, 1.82) is 0 Å². The molecule has 2 N–H and O–H groups in total. The fraction of sp³-hybridized carbons (Fsp3) is 0.824. The number of carbonyl (C=O) groups excluding carboxylic acids is 1. The average molecular weight is 313 g/mol. The summed E-state index contributed by atoms with van der Waals surface area (Å²) in [6, 6.07) is 0. The number of nitrogens with two attached hydrogens (primary N) is 1. The van der Waals surface area contributed by atoms with Gasteiger partial charge >= 0.3 is 0 Å². The van der Waals surface area contributed by atoms with Crippen LogP contribution >= 0.6 is 0 Å². The van der Waals surface area contributed by atoms with Gasteiger partial charge in [0.15, 0.2) is 0 Å². The topological polar surface area (TPSA) is 52.8 Å². The standard InChI is InChI=1S/C17H36N4O/c1-7-20(8-2)14-15(17(18)22)16(21(9-3)10-4)12-11-13-19(5)6/h7-14H2,1-6H3,(H2,18,22). The van der Waals surface area contributed by atoms with Crippen molar-refractivity contribution in [1.82, 2.24) is 14.7 Å². The predicted octanol–water partition coefficient (Wildman–Crippen LogP) is 1.75. The fourth-order valence-corrected chi connectivity index (χ4v) is 2.65. The minimum Gasteiger partial charge on any atom is -0.375 e. The number of likely N-dealkylation sites (N-methyl/N-ethyl adjacent to an activating group) is 1. The Hall–Kier alpha value is -1.07. The van der Waals surface area contributed by atoms with Gasteiger partial charge in [-0.25, -0.2) is 0 Å². The third kappa shape index (κ3) is 7.27. The SMILES string of the molecule is CCN(CC)CC(C(N)=O)=C(CCCN(C)C)N(CC)CC. The van der Waals surface area contributed by atoms with Gasteiger partial charge in [0.2, 0.25) is 5.91 Å². The monoisotopic (exact) mass is 312 g/mol. The van der Waals surface area contributed by atoms with Gasteiger partial charge in [0.1, 0.15) is 0 Å². The van der Waals surface area contributed by atoms with Crippen molar-refractivity contribution in [3.63, 3.8) is 0 Å². The Morgan fingerprint density at radius 2 is 1.50 bits per heavy atom. The number of amides is 1. The maximum atomic E-state index is 12.0. The molecular formula is C17H36N4O. The van der Waals surface area contributed by atoms with Crippen molar-refractivity contribution >= 4 is 5.91 Å². The van der Waals surface area contributed by atoms with Gasteiger partial charge in [0, 0.05) is 30.9 Å². The maximum absolute atomic E-state index is 12.0. The first-order valence-corrected chi connectivity index (χ1v) is 8.54. The number of allylic oxidation sites excluding steroid dienone is 1. The van der Waals surface area contributed by atoms with Gasteiger partial charge in [-0.2, -0.15) is 0 Å². The molecule has 5 nitrogen and oxygen atoms in total. The summed E-state index contributed by atoms with van der Waals surface area (Å²) in [4.78, 5) is 18.7. The summed E-state index contributed by atoms with van der Waals surface area (Å²) in [6.07, 6.45) is 1.94. The lowest BCUT2D eigenvalue weighted by molar-refractivity contribution is -0.115. The van der Waals surface area contributed by atoms with Crippen LogP contribution < -0.4 is 5.73 Å². The van der Waals surface area contributed by atoms with Crippen molar-refractivity contribution in [2.75, 3.05) is 53.4 Å². The molecule has 0 unspecified atom stereocenters. The molecule has 0 aromatic heterocycles. The van der Waals surface area contributed by atoms with Crippen molar-refractivity contribution in [2.24, 2.45) is 5.73 Å². The minimum atomic E-state index is -0.279. The molecule has 130 valence electrons. The molecule has 0 aliphatic heterocycles. The van der Waals surface area contributed by atoms with Crippen LogP contribution in [0, 0.1) is 0 Å². The Bertz CT molecular complexity index is 345. The largest absolute Gasteiger partial charge is 0.375 e. The van der Waals surface area contributed by atoms with Gasteiger partial charge in [-0.1, -0.05) is 13.8 Å². The van der Waals surface area contributed by atoms with Gasteiger partial charge in [0.25, 0.3) is 0 Å². The third-order valence-corrected chi connectivity index (χ3v) is 4.09. The third-order valence-electron chi connectivity index (χ3n) is 4.09. The molecule has 0 radical (unpaired) electrons. The summed E-state index contributed by atoms with van der Waals surface area (Å²) in [5, 5.41) is 0. The van der Waals surface area contributed by atoms with E-state index in [0.717, 1.165) is 56.8 Å². The zero-order valence-corrected chi connectivity index (χ0v) is 15.5. The lowest BCUT2D eigenvalue weighted by Crippen LogP contribution is -2.35. The Labute approximate surface area is 137 Å². The number of carbonyl (C=O) groups is 1. The highest BCUT2D eigenvalue weighted by Crippen LogP contribution is 2.18. The second kappa shape index (κ2) is 11.5. The van der Waals surface area contributed by atoms with Gasteiger partial charge in [-0.3, -0.25) is 9.69 Å². The summed E-state index contributed by atoms with van der Waals surface area (Å²) in [5.74, 6) is -0.279. The minimum absolute atomic E-state index is 0.279. The van der Waals surface area contributed by atoms with E-state index in [-0.39, 0.29) is 5.91 Å². The smallest absolute Gasteiger partial charge is 0.247 e. The number of hydrogen-bond acceptors (Lipinski definition) is 4. The molecule has 0 aliphatic carbocycles. The average Bonchev–Trinajstić information content (AvgIpc) is 2.47. The van der Waals surface area contributed by atoms with E-state index in [1.807, 2.05) is 0 Å². The zero-order valence-electron chi connectivity index (χ0n) is 15.5. The van der Waals surface area contributed by atoms with Crippen LogP contribution in [0.1, 0.15) is 40.5 Å². The Kier molecular flexibility index (Phi) is 10.9. The molecule has 0 fully saturated rings. The Morgan fingerprint density at radius 3 is 1.86 bits per heavy atom. The highest BCUT2D eigenvalue weighted by molar-refractivity contribution is 5.93. The molecule has 0 bridgehead atoms. The van der Waals surface area contributed by atoms with E-state index in [2.05, 4.69) is 56.5 Å². The molecule has 0 heterocycles. The molecule has 22 heavy (non-hydrogen) atoms. The number of nitrogens with zero attached hydrogens (tertiary/aromatic N) is 3. The van der Waals surface area contributed by atoms with Crippen molar-refractivity contribution in [2.45, 2.75) is 40.5 Å². The highest BCUT2D eigenvalue weighted by atomic mass is 16.1. The van der Waals surface area contributed by atoms with Crippen LogP contribution in [-0.2, 0) is 4.79 Å². The fourth-order valence-electron chi connectivity index (χ4n) is 2.65. The molecule has 0 aromatic rings. The van der Waals surface area contributed by atoms with E-state index in [1.165, 1.54) is 0 Å². The van der Waals surface area contributed by atoms with E-state index in [0.29, 0.717) is 6.54 Å². The summed E-state index contributed by atoms with van der Waals surface area (Å²) < 4.78 is 0. The lowest BCUT2D eigenvalue weighted by atomic mass is 10.1. The quantitative estimate of drug-likeness (QED) is 0.558. The lowest BCUT2D eigenvalue weighted by Gasteiger charge is -2.29. The first kappa shape index (κ1) is 20.9. The number of primary amides is 1. The number of rotatable bonds is 12. The molecular weight excluding hydrogens is 276 g/mol. The first-order valence-electron chi connectivity index (χ1n) is 8.54. The van der Waals surface area contributed by atoms with Crippen molar-refractivity contribution in [3.8, 4) is 0 Å².